The summed E-state index contributed by atoms with van der Waals surface area (Å²) >= 11 is 0. The van der Waals surface area contributed by atoms with E-state index in [0.29, 0.717) is 5.92 Å². The van der Waals surface area contributed by atoms with Gasteiger partial charge in [-0.15, -0.1) is 0 Å². The predicted molar refractivity (Wildman–Crippen MR) is 66.4 cm³/mol. The average molecular weight is 233 g/mol. The Morgan fingerprint density at radius 2 is 2.12 bits per heavy atom. The predicted octanol–water partition coefficient (Wildman–Crippen LogP) is 2.08. The number of benzene rings is 1. The Kier molecular flexibility index (Phi) is 2.51. The highest BCUT2D eigenvalue weighted by Gasteiger charge is 2.37. The molecular weight excluding hydrogens is 214 g/mol. The minimum atomic E-state index is 0.0209. The third-order valence-corrected chi connectivity index (χ3v) is 4.43. The van der Waals surface area contributed by atoms with Gasteiger partial charge >= 0.3 is 0 Å². The second kappa shape index (κ2) is 3.91. The van der Waals surface area contributed by atoms with Crippen LogP contribution < -0.4 is 0 Å². The standard InChI is InChI=1S/C14H19NO2/c1-2-15-7-9-3-4-11-10(12(9)8-15)5-6-13(16)14(11)17/h5-6,9,12,16-17H,2-4,7-8H2,1H3/t9-,12-/m1/s1. The highest BCUT2D eigenvalue weighted by Crippen LogP contribution is 2.46. The summed E-state index contributed by atoms with van der Waals surface area (Å²) in [5.74, 6) is 1.40. The summed E-state index contributed by atoms with van der Waals surface area (Å²) in [6, 6.07) is 3.63. The van der Waals surface area contributed by atoms with E-state index >= 15 is 0 Å². The molecule has 0 unspecified atom stereocenters. The molecule has 1 aliphatic heterocycles. The topological polar surface area (TPSA) is 43.7 Å². The molecule has 17 heavy (non-hydrogen) atoms. The molecule has 1 heterocycles. The average Bonchev–Trinajstić information content (AvgIpc) is 2.76. The van der Waals surface area contributed by atoms with Gasteiger partial charge in [-0.2, -0.15) is 0 Å². The molecular formula is C14H19NO2. The molecule has 1 aromatic carbocycles. The molecule has 2 atom stereocenters. The summed E-state index contributed by atoms with van der Waals surface area (Å²) in [5.41, 5.74) is 2.23. The van der Waals surface area contributed by atoms with Gasteiger partial charge in [0.25, 0.3) is 0 Å². The van der Waals surface area contributed by atoms with E-state index in [1.165, 1.54) is 12.1 Å². The summed E-state index contributed by atoms with van der Waals surface area (Å²) in [5, 5.41) is 19.5. The molecule has 0 aromatic heterocycles. The van der Waals surface area contributed by atoms with Gasteiger partial charge in [0.15, 0.2) is 11.5 Å². The van der Waals surface area contributed by atoms with Gasteiger partial charge < -0.3 is 15.1 Å². The first-order valence-electron chi connectivity index (χ1n) is 6.46. The first kappa shape index (κ1) is 10.9. The van der Waals surface area contributed by atoms with Crippen molar-refractivity contribution >= 4 is 0 Å². The van der Waals surface area contributed by atoms with E-state index < -0.39 is 0 Å². The summed E-state index contributed by atoms with van der Waals surface area (Å²) in [6.07, 6.45) is 2.03. The molecule has 0 radical (unpaired) electrons. The number of fused-ring (bicyclic) bond motifs is 3. The van der Waals surface area contributed by atoms with Crippen LogP contribution in [-0.2, 0) is 6.42 Å². The van der Waals surface area contributed by atoms with E-state index in [1.807, 2.05) is 6.07 Å². The van der Waals surface area contributed by atoms with E-state index in [-0.39, 0.29) is 11.5 Å². The number of likely N-dealkylation sites (N-methyl/N-ethyl adjacent to an activating group) is 1. The van der Waals surface area contributed by atoms with Crippen molar-refractivity contribution in [3.63, 3.8) is 0 Å². The molecule has 92 valence electrons. The van der Waals surface area contributed by atoms with Gasteiger partial charge in [-0.25, -0.2) is 0 Å². The van der Waals surface area contributed by atoms with Crippen LogP contribution in [0.5, 0.6) is 11.5 Å². The highest BCUT2D eigenvalue weighted by atomic mass is 16.3. The van der Waals surface area contributed by atoms with Crippen molar-refractivity contribution < 1.29 is 10.2 Å². The van der Waals surface area contributed by atoms with Crippen molar-refractivity contribution in [1.29, 1.82) is 0 Å². The van der Waals surface area contributed by atoms with Crippen molar-refractivity contribution in [3.05, 3.63) is 23.3 Å². The lowest BCUT2D eigenvalue weighted by Gasteiger charge is -2.28. The van der Waals surface area contributed by atoms with Crippen molar-refractivity contribution in [2.45, 2.75) is 25.7 Å². The van der Waals surface area contributed by atoms with Gasteiger partial charge in [0.05, 0.1) is 0 Å². The number of likely N-dealkylation sites (tertiary alicyclic amines) is 1. The fourth-order valence-corrected chi connectivity index (χ4v) is 3.44. The Labute approximate surface area is 102 Å². The van der Waals surface area contributed by atoms with Crippen molar-refractivity contribution in [2.75, 3.05) is 19.6 Å². The normalized spacial score (nSPS) is 27.8. The first-order chi connectivity index (χ1) is 8.20. The molecule has 3 rings (SSSR count). The van der Waals surface area contributed by atoms with E-state index in [4.69, 9.17) is 0 Å². The van der Waals surface area contributed by atoms with E-state index in [9.17, 15) is 10.2 Å². The minimum Gasteiger partial charge on any atom is -0.504 e. The largest absolute Gasteiger partial charge is 0.504 e. The molecule has 1 aromatic rings. The maximum absolute atomic E-state index is 9.92. The second-order valence-corrected chi connectivity index (χ2v) is 5.26. The zero-order chi connectivity index (χ0) is 12.0. The van der Waals surface area contributed by atoms with Crippen LogP contribution in [0.15, 0.2) is 12.1 Å². The van der Waals surface area contributed by atoms with Gasteiger partial charge in [-0.3, -0.25) is 0 Å². The van der Waals surface area contributed by atoms with Crippen LogP contribution in [0.2, 0.25) is 0 Å². The lowest BCUT2D eigenvalue weighted by Crippen LogP contribution is -2.19. The van der Waals surface area contributed by atoms with E-state index in [0.717, 1.165) is 37.4 Å². The minimum absolute atomic E-state index is 0.0209. The molecule has 0 amide bonds. The number of nitrogens with zero attached hydrogens (tertiary/aromatic N) is 1. The van der Waals surface area contributed by atoms with Crippen LogP contribution in [0.4, 0.5) is 0 Å². The van der Waals surface area contributed by atoms with Crippen LogP contribution in [0.25, 0.3) is 0 Å². The number of phenols is 2. The third kappa shape index (κ3) is 1.61. The molecule has 0 bridgehead atoms. The van der Waals surface area contributed by atoms with E-state index in [1.54, 1.807) is 6.07 Å². The van der Waals surface area contributed by atoms with Gasteiger partial charge in [0, 0.05) is 24.6 Å². The number of aromatic hydroxyl groups is 2. The Hall–Kier alpha value is -1.22. The summed E-state index contributed by atoms with van der Waals surface area (Å²) in [7, 11) is 0. The van der Waals surface area contributed by atoms with Crippen LogP contribution in [0, 0.1) is 5.92 Å². The molecule has 0 saturated carbocycles. The fraction of sp³-hybridized carbons (Fsp3) is 0.571. The maximum atomic E-state index is 9.92. The van der Waals surface area contributed by atoms with Crippen LogP contribution in [-0.4, -0.2) is 34.7 Å². The lowest BCUT2D eigenvalue weighted by molar-refractivity contribution is 0.337. The van der Waals surface area contributed by atoms with Crippen molar-refractivity contribution in [2.24, 2.45) is 5.92 Å². The molecule has 1 aliphatic carbocycles. The lowest BCUT2D eigenvalue weighted by atomic mass is 9.77. The van der Waals surface area contributed by atoms with Gasteiger partial charge in [0.1, 0.15) is 0 Å². The fourth-order valence-electron chi connectivity index (χ4n) is 3.44. The first-order valence-corrected chi connectivity index (χ1v) is 6.46. The molecule has 0 spiro atoms. The maximum Gasteiger partial charge on any atom is 0.160 e. The quantitative estimate of drug-likeness (QED) is 0.730. The molecule has 3 heteroatoms. The number of rotatable bonds is 1. The monoisotopic (exact) mass is 233 g/mol. The molecule has 2 N–H and O–H groups in total. The summed E-state index contributed by atoms with van der Waals surface area (Å²) in [6.45, 7) is 5.58. The zero-order valence-electron chi connectivity index (χ0n) is 10.2. The Balaban J connectivity index is 2.00. The van der Waals surface area contributed by atoms with Crippen LogP contribution in [0.1, 0.15) is 30.4 Å². The van der Waals surface area contributed by atoms with Crippen molar-refractivity contribution in [1.82, 2.24) is 4.90 Å². The smallest absolute Gasteiger partial charge is 0.160 e. The van der Waals surface area contributed by atoms with Crippen LogP contribution >= 0.6 is 0 Å². The van der Waals surface area contributed by atoms with Gasteiger partial charge in [-0.05, 0) is 36.9 Å². The molecule has 3 nitrogen and oxygen atoms in total. The number of hydrogen-bond acceptors (Lipinski definition) is 3. The third-order valence-electron chi connectivity index (χ3n) is 4.43. The molecule has 1 fully saturated rings. The summed E-state index contributed by atoms with van der Waals surface area (Å²) in [4.78, 5) is 2.48. The Morgan fingerprint density at radius 3 is 2.88 bits per heavy atom. The highest BCUT2D eigenvalue weighted by molar-refractivity contribution is 5.51. The molecule has 1 saturated heterocycles. The Morgan fingerprint density at radius 1 is 1.29 bits per heavy atom. The van der Waals surface area contributed by atoms with Gasteiger partial charge in [-0.1, -0.05) is 13.0 Å². The van der Waals surface area contributed by atoms with Crippen molar-refractivity contribution in [3.8, 4) is 11.5 Å². The zero-order valence-corrected chi connectivity index (χ0v) is 10.2. The summed E-state index contributed by atoms with van der Waals surface area (Å²) < 4.78 is 0. The Bertz CT molecular complexity index is 444. The molecule has 2 aliphatic rings. The SMILES string of the molecule is CCN1C[C@H]2CCc3c(ccc(O)c3O)[C@@H]2C1. The second-order valence-electron chi connectivity index (χ2n) is 5.26. The number of hydrogen-bond donors (Lipinski definition) is 2. The van der Waals surface area contributed by atoms with Gasteiger partial charge in [0.2, 0.25) is 0 Å². The number of phenolic OH excluding ortho intramolecular Hbond substituents is 2. The van der Waals surface area contributed by atoms with E-state index in [2.05, 4.69) is 11.8 Å². The van der Waals surface area contributed by atoms with Crippen LogP contribution in [0.3, 0.4) is 0 Å².